The molecule has 7 nitrogen and oxygen atoms in total. The van der Waals surface area contributed by atoms with Gasteiger partial charge in [-0.15, -0.1) is 0 Å². The molecule has 0 aliphatic heterocycles. The summed E-state index contributed by atoms with van der Waals surface area (Å²) in [5.74, 6) is -1.52. The fraction of sp³-hybridized carbons (Fsp3) is 0.167. The molecule has 1 heterocycles. The summed E-state index contributed by atoms with van der Waals surface area (Å²) >= 11 is 0. The number of imidazole rings is 1. The van der Waals surface area contributed by atoms with Gasteiger partial charge in [-0.05, 0) is 12.1 Å². The van der Waals surface area contributed by atoms with Gasteiger partial charge in [-0.1, -0.05) is 0 Å². The molecule has 0 aliphatic carbocycles. The topological polar surface area (TPSA) is 90.1 Å². The quantitative estimate of drug-likeness (QED) is 0.660. The van der Waals surface area contributed by atoms with Crippen molar-refractivity contribution in [1.29, 1.82) is 0 Å². The zero-order valence-corrected chi connectivity index (χ0v) is 10.3. The zero-order valence-electron chi connectivity index (χ0n) is 10.3. The average Bonchev–Trinajstić information content (AvgIpc) is 2.91. The molecule has 2 aromatic rings. The number of halogens is 1. The fourth-order valence-corrected chi connectivity index (χ4v) is 1.62. The van der Waals surface area contributed by atoms with Gasteiger partial charge >= 0.3 is 5.69 Å². The van der Waals surface area contributed by atoms with Crippen molar-refractivity contribution in [3.63, 3.8) is 0 Å². The van der Waals surface area contributed by atoms with Crippen LogP contribution in [-0.4, -0.2) is 26.9 Å². The Labute approximate surface area is 113 Å². The number of aromatic nitrogens is 2. The Morgan fingerprint density at radius 1 is 1.50 bits per heavy atom. The Balaban J connectivity index is 1.95. The maximum Gasteiger partial charge on any atom is 0.304 e. The molecule has 0 bridgehead atoms. The standard InChI is InChI=1S/C12H11FN4O3/c13-10-7-9(1-2-11(10)17(19)20)12(18)15-4-6-16-5-3-14-8-16/h1-3,5,7-8H,4,6H2,(H,15,18). The SMILES string of the molecule is O=C(NCCn1ccnc1)c1ccc([N+](=O)[O-])c(F)c1. The van der Waals surface area contributed by atoms with Gasteiger partial charge in [0, 0.05) is 37.1 Å². The van der Waals surface area contributed by atoms with Crippen LogP contribution in [0, 0.1) is 15.9 Å². The smallest absolute Gasteiger partial charge is 0.304 e. The normalized spacial score (nSPS) is 10.2. The molecular weight excluding hydrogens is 267 g/mol. The fourth-order valence-electron chi connectivity index (χ4n) is 1.62. The molecular formula is C12H11FN4O3. The van der Waals surface area contributed by atoms with E-state index in [9.17, 15) is 19.3 Å². The van der Waals surface area contributed by atoms with Crippen LogP contribution in [0.25, 0.3) is 0 Å². The van der Waals surface area contributed by atoms with E-state index in [0.717, 1.165) is 12.1 Å². The van der Waals surface area contributed by atoms with Crippen LogP contribution in [0.1, 0.15) is 10.4 Å². The van der Waals surface area contributed by atoms with Gasteiger partial charge < -0.3 is 9.88 Å². The molecule has 0 saturated carbocycles. The number of nitro groups is 1. The van der Waals surface area contributed by atoms with E-state index in [1.807, 2.05) is 0 Å². The molecule has 1 aromatic heterocycles. The molecule has 0 saturated heterocycles. The number of nitro benzene ring substituents is 1. The molecule has 2 rings (SSSR count). The van der Waals surface area contributed by atoms with Crippen LogP contribution in [0.3, 0.4) is 0 Å². The van der Waals surface area contributed by atoms with Crippen molar-refractivity contribution in [2.24, 2.45) is 0 Å². The van der Waals surface area contributed by atoms with E-state index >= 15 is 0 Å². The van der Waals surface area contributed by atoms with Gasteiger partial charge in [-0.3, -0.25) is 14.9 Å². The highest BCUT2D eigenvalue weighted by atomic mass is 19.1. The van der Waals surface area contributed by atoms with Crippen LogP contribution in [-0.2, 0) is 6.54 Å². The van der Waals surface area contributed by atoms with Crippen molar-refractivity contribution in [1.82, 2.24) is 14.9 Å². The number of rotatable bonds is 5. The van der Waals surface area contributed by atoms with Crippen LogP contribution in [0.4, 0.5) is 10.1 Å². The summed E-state index contributed by atoms with van der Waals surface area (Å²) in [5, 5.41) is 13.1. The highest BCUT2D eigenvalue weighted by molar-refractivity contribution is 5.94. The summed E-state index contributed by atoms with van der Waals surface area (Å²) in [6.07, 6.45) is 4.98. The van der Waals surface area contributed by atoms with E-state index in [1.165, 1.54) is 6.07 Å². The highest BCUT2D eigenvalue weighted by Crippen LogP contribution is 2.17. The number of hydrogen-bond donors (Lipinski definition) is 1. The maximum absolute atomic E-state index is 13.4. The molecule has 20 heavy (non-hydrogen) atoms. The van der Waals surface area contributed by atoms with Gasteiger partial charge in [0.05, 0.1) is 11.3 Å². The van der Waals surface area contributed by atoms with Crippen LogP contribution in [0.5, 0.6) is 0 Å². The lowest BCUT2D eigenvalue weighted by Gasteiger charge is -2.06. The van der Waals surface area contributed by atoms with Gasteiger partial charge in [0.15, 0.2) is 0 Å². The summed E-state index contributed by atoms with van der Waals surface area (Å²) < 4.78 is 15.1. The minimum Gasteiger partial charge on any atom is -0.350 e. The maximum atomic E-state index is 13.4. The predicted molar refractivity (Wildman–Crippen MR) is 67.6 cm³/mol. The molecule has 8 heteroatoms. The van der Waals surface area contributed by atoms with Gasteiger partial charge in [0.1, 0.15) is 0 Å². The lowest BCUT2D eigenvalue weighted by atomic mass is 10.2. The molecule has 104 valence electrons. The Morgan fingerprint density at radius 2 is 2.30 bits per heavy atom. The number of nitrogens with zero attached hydrogens (tertiary/aromatic N) is 3. The van der Waals surface area contributed by atoms with Crippen molar-refractivity contribution in [2.45, 2.75) is 6.54 Å². The first-order valence-electron chi connectivity index (χ1n) is 5.76. The summed E-state index contributed by atoms with van der Waals surface area (Å²) in [6, 6.07) is 3.04. The van der Waals surface area contributed by atoms with Crippen LogP contribution >= 0.6 is 0 Å². The minimum absolute atomic E-state index is 0.0405. The average molecular weight is 278 g/mol. The largest absolute Gasteiger partial charge is 0.350 e. The van der Waals surface area contributed by atoms with Crippen LogP contribution in [0.2, 0.25) is 0 Å². The van der Waals surface area contributed by atoms with E-state index in [4.69, 9.17) is 0 Å². The summed E-state index contributed by atoms with van der Waals surface area (Å²) in [7, 11) is 0. The zero-order chi connectivity index (χ0) is 14.5. The second-order valence-electron chi connectivity index (χ2n) is 3.98. The molecule has 1 aromatic carbocycles. The third-order valence-corrected chi connectivity index (χ3v) is 2.62. The van der Waals surface area contributed by atoms with Crippen molar-refractivity contribution in [3.8, 4) is 0 Å². The van der Waals surface area contributed by atoms with E-state index in [2.05, 4.69) is 10.3 Å². The lowest BCUT2D eigenvalue weighted by Crippen LogP contribution is -2.27. The number of benzene rings is 1. The predicted octanol–water partition coefficient (Wildman–Crippen LogP) is 1.36. The Bertz CT molecular complexity index is 628. The Hall–Kier alpha value is -2.77. The number of carbonyl (C=O) groups excluding carboxylic acids is 1. The summed E-state index contributed by atoms with van der Waals surface area (Å²) in [5.41, 5.74) is -0.612. The van der Waals surface area contributed by atoms with Gasteiger partial charge in [0.2, 0.25) is 5.82 Å². The van der Waals surface area contributed by atoms with Crippen LogP contribution < -0.4 is 5.32 Å². The first-order valence-corrected chi connectivity index (χ1v) is 5.76. The second-order valence-corrected chi connectivity index (χ2v) is 3.98. The Kier molecular flexibility index (Phi) is 4.04. The van der Waals surface area contributed by atoms with E-state index in [1.54, 1.807) is 23.3 Å². The summed E-state index contributed by atoms with van der Waals surface area (Å²) in [4.78, 5) is 25.2. The first-order chi connectivity index (χ1) is 9.58. The molecule has 0 fully saturated rings. The highest BCUT2D eigenvalue weighted by Gasteiger charge is 2.16. The lowest BCUT2D eigenvalue weighted by molar-refractivity contribution is -0.387. The second kappa shape index (κ2) is 5.91. The van der Waals surface area contributed by atoms with Crippen molar-refractivity contribution in [2.75, 3.05) is 6.54 Å². The molecule has 0 unspecified atom stereocenters. The van der Waals surface area contributed by atoms with E-state index in [-0.39, 0.29) is 5.56 Å². The van der Waals surface area contributed by atoms with Gasteiger partial charge in [-0.2, -0.15) is 4.39 Å². The number of amides is 1. The Morgan fingerprint density at radius 3 is 2.90 bits per heavy atom. The van der Waals surface area contributed by atoms with Crippen molar-refractivity contribution in [3.05, 3.63) is 58.4 Å². The monoisotopic (exact) mass is 278 g/mol. The number of nitrogens with one attached hydrogen (secondary N) is 1. The molecule has 1 N–H and O–H groups in total. The van der Waals surface area contributed by atoms with Gasteiger partial charge in [-0.25, -0.2) is 4.98 Å². The molecule has 0 spiro atoms. The van der Waals surface area contributed by atoms with Gasteiger partial charge in [0.25, 0.3) is 5.91 Å². The minimum atomic E-state index is -1.03. The molecule has 1 amide bonds. The van der Waals surface area contributed by atoms with Crippen molar-refractivity contribution >= 4 is 11.6 Å². The van der Waals surface area contributed by atoms with Crippen LogP contribution in [0.15, 0.2) is 36.9 Å². The number of carbonyl (C=O) groups is 1. The van der Waals surface area contributed by atoms with Crippen molar-refractivity contribution < 1.29 is 14.1 Å². The number of hydrogen-bond acceptors (Lipinski definition) is 4. The first kappa shape index (κ1) is 13.7. The summed E-state index contributed by atoms with van der Waals surface area (Å²) in [6.45, 7) is 0.870. The third-order valence-electron chi connectivity index (χ3n) is 2.62. The third kappa shape index (κ3) is 3.16. The van der Waals surface area contributed by atoms with E-state index < -0.39 is 22.3 Å². The van der Waals surface area contributed by atoms with E-state index in [0.29, 0.717) is 13.1 Å². The molecule has 0 atom stereocenters. The molecule has 0 radical (unpaired) electrons. The molecule has 0 aliphatic rings.